The Balaban J connectivity index is 1.81. The summed E-state index contributed by atoms with van der Waals surface area (Å²) in [4.78, 5) is 3.97. The van der Waals surface area contributed by atoms with Gasteiger partial charge in [-0.3, -0.25) is 4.98 Å². The molecule has 0 aliphatic heterocycles. The summed E-state index contributed by atoms with van der Waals surface area (Å²) in [6.07, 6.45) is 5.67. The van der Waals surface area contributed by atoms with Crippen molar-refractivity contribution in [2.75, 3.05) is 0 Å². The van der Waals surface area contributed by atoms with Gasteiger partial charge in [0.25, 0.3) is 0 Å². The SMILES string of the molecule is Cc1ccc(CCC(O)Cc2ccncc2)cc1. The van der Waals surface area contributed by atoms with Crippen LogP contribution in [0.2, 0.25) is 0 Å². The summed E-state index contributed by atoms with van der Waals surface area (Å²) >= 11 is 0. The minimum absolute atomic E-state index is 0.284. The molecule has 0 saturated carbocycles. The van der Waals surface area contributed by atoms with Gasteiger partial charge in [-0.15, -0.1) is 0 Å². The molecular weight excluding hydrogens is 222 g/mol. The Morgan fingerprint density at radius 3 is 2.33 bits per heavy atom. The molecular formula is C16H19NO. The highest BCUT2D eigenvalue weighted by Gasteiger charge is 2.05. The van der Waals surface area contributed by atoms with Crippen molar-refractivity contribution in [2.45, 2.75) is 32.3 Å². The molecule has 0 spiro atoms. The molecule has 18 heavy (non-hydrogen) atoms. The number of benzene rings is 1. The van der Waals surface area contributed by atoms with Crippen LogP contribution in [-0.4, -0.2) is 16.2 Å². The summed E-state index contributed by atoms with van der Waals surface area (Å²) in [6.45, 7) is 2.09. The highest BCUT2D eigenvalue weighted by molar-refractivity contribution is 5.21. The Kier molecular flexibility index (Phi) is 4.48. The van der Waals surface area contributed by atoms with E-state index in [0.717, 1.165) is 18.4 Å². The number of rotatable bonds is 5. The van der Waals surface area contributed by atoms with E-state index in [-0.39, 0.29) is 6.10 Å². The summed E-state index contributed by atoms with van der Waals surface area (Å²) in [6, 6.07) is 12.4. The summed E-state index contributed by atoms with van der Waals surface area (Å²) in [5, 5.41) is 10.00. The molecule has 0 aliphatic carbocycles. The number of hydrogen-bond donors (Lipinski definition) is 1. The molecule has 0 bridgehead atoms. The lowest BCUT2D eigenvalue weighted by atomic mass is 10.0. The molecule has 0 aliphatic rings. The van der Waals surface area contributed by atoms with E-state index in [0.29, 0.717) is 6.42 Å². The van der Waals surface area contributed by atoms with Crippen LogP contribution in [0.5, 0.6) is 0 Å². The predicted molar refractivity (Wildman–Crippen MR) is 73.4 cm³/mol. The molecule has 1 aromatic heterocycles. The number of nitrogens with zero attached hydrogens (tertiary/aromatic N) is 1. The summed E-state index contributed by atoms with van der Waals surface area (Å²) in [5.41, 5.74) is 3.70. The van der Waals surface area contributed by atoms with Crippen molar-refractivity contribution in [1.29, 1.82) is 0 Å². The van der Waals surface area contributed by atoms with Gasteiger partial charge in [0.15, 0.2) is 0 Å². The van der Waals surface area contributed by atoms with E-state index in [1.807, 2.05) is 12.1 Å². The van der Waals surface area contributed by atoms with Crippen LogP contribution in [0.25, 0.3) is 0 Å². The van der Waals surface area contributed by atoms with Crippen LogP contribution >= 0.6 is 0 Å². The van der Waals surface area contributed by atoms with Gasteiger partial charge in [0.05, 0.1) is 6.10 Å². The zero-order valence-corrected chi connectivity index (χ0v) is 10.7. The van der Waals surface area contributed by atoms with E-state index in [1.165, 1.54) is 11.1 Å². The van der Waals surface area contributed by atoms with Crippen molar-refractivity contribution in [2.24, 2.45) is 0 Å². The lowest BCUT2D eigenvalue weighted by Gasteiger charge is -2.10. The Morgan fingerprint density at radius 2 is 1.67 bits per heavy atom. The molecule has 1 heterocycles. The first-order valence-electron chi connectivity index (χ1n) is 6.36. The minimum atomic E-state index is -0.284. The van der Waals surface area contributed by atoms with Crippen LogP contribution < -0.4 is 0 Å². The van der Waals surface area contributed by atoms with Crippen molar-refractivity contribution in [3.8, 4) is 0 Å². The standard InChI is InChI=1S/C16H19NO/c1-13-2-4-14(5-3-13)6-7-16(18)12-15-8-10-17-11-9-15/h2-5,8-11,16,18H,6-7,12H2,1H3. The van der Waals surface area contributed by atoms with Gasteiger partial charge in [-0.2, -0.15) is 0 Å². The molecule has 2 rings (SSSR count). The molecule has 94 valence electrons. The lowest BCUT2D eigenvalue weighted by Crippen LogP contribution is -2.11. The molecule has 0 saturated heterocycles. The Hall–Kier alpha value is -1.67. The van der Waals surface area contributed by atoms with E-state index in [4.69, 9.17) is 0 Å². The molecule has 1 unspecified atom stereocenters. The van der Waals surface area contributed by atoms with Gasteiger partial charge in [-0.05, 0) is 49.4 Å². The average molecular weight is 241 g/mol. The van der Waals surface area contributed by atoms with E-state index in [2.05, 4.69) is 36.2 Å². The number of aromatic nitrogens is 1. The van der Waals surface area contributed by atoms with Crippen LogP contribution in [0.1, 0.15) is 23.1 Å². The molecule has 0 radical (unpaired) electrons. The van der Waals surface area contributed by atoms with Crippen molar-refractivity contribution >= 4 is 0 Å². The van der Waals surface area contributed by atoms with Crippen LogP contribution in [-0.2, 0) is 12.8 Å². The Morgan fingerprint density at radius 1 is 1.00 bits per heavy atom. The average Bonchev–Trinajstić information content (AvgIpc) is 2.39. The van der Waals surface area contributed by atoms with Crippen molar-refractivity contribution < 1.29 is 5.11 Å². The fourth-order valence-electron chi connectivity index (χ4n) is 1.98. The van der Waals surface area contributed by atoms with Gasteiger partial charge >= 0.3 is 0 Å². The van der Waals surface area contributed by atoms with Crippen LogP contribution in [0.4, 0.5) is 0 Å². The van der Waals surface area contributed by atoms with Crippen LogP contribution in [0, 0.1) is 6.92 Å². The van der Waals surface area contributed by atoms with Gasteiger partial charge in [0.1, 0.15) is 0 Å². The zero-order valence-electron chi connectivity index (χ0n) is 10.7. The molecule has 0 amide bonds. The number of aliphatic hydroxyl groups is 1. The number of hydrogen-bond acceptors (Lipinski definition) is 2. The zero-order chi connectivity index (χ0) is 12.8. The molecule has 1 N–H and O–H groups in total. The lowest BCUT2D eigenvalue weighted by molar-refractivity contribution is 0.165. The smallest absolute Gasteiger partial charge is 0.0583 e. The fraction of sp³-hybridized carbons (Fsp3) is 0.312. The first kappa shape index (κ1) is 12.8. The van der Waals surface area contributed by atoms with E-state index < -0.39 is 0 Å². The maximum atomic E-state index is 10.00. The summed E-state index contributed by atoms with van der Waals surface area (Å²) in [7, 11) is 0. The maximum absolute atomic E-state index is 10.00. The normalized spacial score (nSPS) is 12.3. The third kappa shape index (κ3) is 3.97. The topological polar surface area (TPSA) is 33.1 Å². The van der Waals surface area contributed by atoms with E-state index >= 15 is 0 Å². The van der Waals surface area contributed by atoms with Gasteiger partial charge in [0.2, 0.25) is 0 Å². The summed E-state index contributed by atoms with van der Waals surface area (Å²) < 4.78 is 0. The van der Waals surface area contributed by atoms with E-state index in [9.17, 15) is 5.11 Å². The molecule has 1 aromatic carbocycles. The van der Waals surface area contributed by atoms with Crippen LogP contribution in [0.3, 0.4) is 0 Å². The van der Waals surface area contributed by atoms with Crippen LogP contribution in [0.15, 0.2) is 48.8 Å². The van der Waals surface area contributed by atoms with Gasteiger partial charge in [0, 0.05) is 12.4 Å². The third-order valence-corrected chi connectivity index (χ3v) is 3.11. The molecule has 2 nitrogen and oxygen atoms in total. The highest BCUT2D eigenvalue weighted by Crippen LogP contribution is 2.10. The van der Waals surface area contributed by atoms with Crippen molar-refractivity contribution in [3.05, 3.63) is 65.5 Å². The van der Waals surface area contributed by atoms with Crippen molar-refractivity contribution in [1.82, 2.24) is 4.98 Å². The molecule has 2 heteroatoms. The maximum Gasteiger partial charge on any atom is 0.0583 e. The Bertz CT molecular complexity index is 464. The fourth-order valence-corrected chi connectivity index (χ4v) is 1.98. The number of pyridine rings is 1. The van der Waals surface area contributed by atoms with Gasteiger partial charge in [-0.25, -0.2) is 0 Å². The minimum Gasteiger partial charge on any atom is -0.393 e. The second-order valence-corrected chi connectivity index (χ2v) is 4.74. The van der Waals surface area contributed by atoms with E-state index in [1.54, 1.807) is 12.4 Å². The molecule has 0 fully saturated rings. The first-order valence-corrected chi connectivity index (χ1v) is 6.36. The largest absolute Gasteiger partial charge is 0.393 e. The van der Waals surface area contributed by atoms with Crippen molar-refractivity contribution in [3.63, 3.8) is 0 Å². The second kappa shape index (κ2) is 6.31. The predicted octanol–water partition coefficient (Wildman–Crippen LogP) is 2.93. The summed E-state index contributed by atoms with van der Waals surface area (Å²) in [5.74, 6) is 0. The first-order chi connectivity index (χ1) is 8.74. The third-order valence-electron chi connectivity index (χ3n) is 3.11. The highest BCUT2D eigenvalue weighted by atomic mass is 16.3. The monoisotopic (exact) mass is 241 g/mol. The number of aliphatic hydroxyl groups excluding tert-OH is 1. The second-order valence-electron chi connectivity index (χ2n) is 4.74. The molecule has 2 aromatic rings. The number of aryl methyl sites for hydroxylation is 2. The molecule has 1 atom stereocenters. The quantitative estimate of drug-likeness (QED) is 0.873. The van der Waals surface area contributed by atoms with Gasteiger partial charge < -0.3 is 5.11 Å². The van der Waals surface area contributed by atoms with Gasteiger partial charge in [-0.1, -0.05) is 29.8 Å². The Labute approximate surface area is 108 Å².